The van der Waals surface area contributed by atoms with E-state index in [1.807, 2.05) is 13.8 Å². The summed E-state index contributed by atoms with van der Waals surface area (Å²) in [6.07, 6.45) is 5.27. The van der Waals surface area contributed by atoms with Crippen molar-refractivity contribution in [1.82, 2.24) is 5.32 Å². The second kappa shape index (κ2) is 8.70. The van der Waals surface area contributed by atoms with Gasteiger partial charge in [-0.3, -0.25) is 0 Å². The molecule has 0 amide bonds. The van der Waals surface area contributed by atoms with Crippen LogP contribution in [0.2, 0.25) is 0 Å². The maximum Gasteiger partial charge on any atom is 0.0684 e. The average molecular weight is 212 g/mol. The fourth-order valence-electron chi connectivity index (χ4n) is 1.30. The number of rotatable bonds is 9. The summed E-state index contributed by atoms with van der Waals surface area (Å²) >= 11 is 0. The van der Waals surface area contributed by atoms with Gasteiger partial charge in [-0.05, 0) is 46.2 Å². The third kappa shape index (κ3) is 9.71. The molecule has 0 aliphatic heterocycles. The van der Waals surface area contributed by atoms with E-state index in [2.05, 4.69) is 11.4 Å². The lowest BCUT2D eigenvalue weighted by Crippen LogP contribution is -2.22. The summed E-state index contributed by atoms with van der Waals surface area (Å²) in [5.41, 5.74) is -0.204. The van der Waals surface area contributed by atoms with Crippen molar-refractivity contribution in [2.75, 3.05) is 19.7 Å². The Kier molecular flexibility index (Phi) is 8.35. The van der Waals surface area contributed by atoms with Crippen LogP contribution in [0.3, 0.4) is 0 Å². The van der Waals surface area contributed by atoms with E-state index in [1.165, 1.54) is 6.42 Å². The first kappa shape index (κ1) is 14.4. The van der Waals surface area contributed by atoms with E-state index in [9.17, 15) is 0 Å². The summed E-state index contributed by atoms with van der Waals surface area (Å²) in [5, 5.41) is 20.7. The Morgan fingerprint density at radius 3 is 2.40 bits per heavy atom. The maximum atomic E-state index is 8.79. The zero-order valence-electron chi connectivity index (χ0n) is 10.1. The molecule has 0 unspecified atom stereocenters. The Balaban J connectivity index is 3.16. The van der Waals surface area contributed by atoms with Gasteiger partial charge in [0, 0.05) is 6.61 Å². The van der Waals surface area contributed by atoms with Crippen LogP contribution >= 0.6 is 0 Å². The van der Waals surface area contributed by atoms with Crippen LogP contribution < -0.4 is 5.32 Å². The SMILES string of the molecule is CC(C)(C#N)CCNCCCCCCO. The molecule has 0 atom stereocenters. The molecule has 0 aliphatic rings. The number of nitrogens with one attached hydrogen (secondary N) is 1. The molecule has 0 saturated heterocycles. The first-order chi connectivity index (χ1) is 7.12. The van der Waals surface area contributed by atoms with Crippen LogP contribution in [-0.4, -0.2) is 24.8 Å². The number of nitriles is 1. The molecule has 3 nitrogen and oxygen atoms in total. The van der Waals surface area contributed by atoms with Gasteiger partial charge in [-0.15, -0.1) is 0 Å². The number of hydrogen-bond donors (Lipinski definition) is 2. The normalized spacial score (nSPS) is 11.3. The molecule has 0 radical (unpaired) electrons. The largest absolute Gasteiger partial charge is 0.396 e. The van der Waals surface area contributed by atoms with Crippen LogP contribution in [-0.2, 0) is 0 Å². The molecule has 2 N–H and O–H groups in total. The zero-order chi connectivity index (χ0) is 11.6. The van der Waals surface area contributed by atoms with Gasteiger partial charge >= 0.3 is 0 Å². The minimum atomic E-state index is -0.204. The highest BCUT2D eigenvalue weighted by atomic mass is 16.2. The second-order valence-corrected chi connectivity index (χ2v) is 4.63. The Morgan fingerprint density at radius 2 is 1.80 bits per heavy atom. The van der Waals surface area contributed by atoms with Crippen molar-refractivity contribution in [2.45, 2.75) is 46.0 Å². The first-order valence-corrected chi connectivity index (χ1v) is 5.85. The van der Waals surface area contributed by atoms with Gasteiger partial charge in [0.2, 0.25) is 0 Å². The highest BCUT2D eigenvalue weighted by Crippen LogP contribution is 2.16. The number of unbranched alkanes of at least 4 members (excludes halogenated alkanes) is 3. The van der Waals surface area contributed by atoms with Crippen LogP contribution in [0.4, 0.5) is 0 Å². The maximum absolute atomic E-state index is 8.79. The minimum absolute atomic E-state index is 0.204. The van der Waals surface area contributed by atoms with E-state index >= 15 is 0 Å². The number of aliphatic hydroxyl groups excluding tert-OH is 1. The molecule has 0 saturated carbocycles. The van der Waals surface area contributed by atoms with E-state index in [-0.39, 0.29) is 5.41 Å². The molecule has 0 heterocycles. The molecule has 0 fully saturated rings. The van der Waals surface area contributed by atoms with Crippen molar-refractivity contribution in [1.29, 1.82) is 5.26 Å². The second-order valence-electron chi connectivity index (χ2n) is 4.63. The van der Waals surface area contributed by atoms with Gasteiger partial charge in [-0.2, -0.15) is 5.26 Å². The lowest BCUT2D eigenvalue weighted by Gasteiger charge is -2.14. The number of hydrogen-bond acceptors (Lipinski definition) is 3. The molecule has 0 rings (SSSR count). The average Bonchev–Trinajstić information content (AvgIpc) is 2.22. The molecular formula is C12H24N2O. The molecule has 15 heavy (non-hydrogen) atoms. The highest BCUT2D eigenvalue weighted by molar-refractivity contribution is 4.91. The quantitative estimate of drug-likeness (QED) is 0.575. The Bertz CT molecular complexity index is 185. The smallest absolute Gasteiger partial charge is 0.0684 e. The fraction of sp³-hybridized carbons (Fsp3) is 0.917. The predicted molar refractivity (Wildman–Crippen MR) is 62.4 cm³/mol. The summed E-state index contributed by atoms with van der Waals surface area (Å²) < 4.78 is 0. The van der Waals surface area contributed by atoms with E-state index in [0.29, 0.717) is 6.61 Å². The third-order valence-corrected chi connectivity index (χ3v) is 2.49. The van der Waals surface area contributed by atoms with Gasteiger partial charge in [0.25, 0.3) is 0 Å². The van der Waals surface area contributed by atoms with E-state index in [1.54, 1.807) is 0 Å². The van der Waals surface area contributed by atoms with Crippen LogP contribution in [0.25, 0.3) is 0 Å². The highest BCUT2D eigenvalue weighted by Gasteiger charge is 2.14. The van der Waals surface area contributed by atoms with Gasteiger partial charge in [0.05, 0.1) is 11.5 Å². The van der Waals surface area contributed by atoms with Crippen LogP contribution in [0, 0.1) is 16.7 Å². The van der Waals surface area contributed by atoms with E-state index in [0.717, 1.165) is 38.8 Å². The fourth-order valence-corrected chi connectivity index (χ4v) is 1.30. The van der Waals surface area contributed by atoms with Crippen LogP contribution in [0.5, 0.6) is 0 Å². The van der Waals surface area contributed by atoms with Crippen molar-refractivity contribution in [3.8, 4) is 6.07 Å². The molecular weight excluding hydrogens is 188 g/mol. The lowest BCUT2D eigenvalue weighted by molar-refractivity contribution is 0.282. The van der Waals surface area contributed by atoms with Gasteiger partial charge in [-0.25, -0.2) is 0 Å². The molecule has 88 valence electrons. The van der Waals surface area contributed by atoms with Gasteiger partial charge < -0.3 is 10.4 Å². The number of nitrogens with zero attached hydrogens (tertiary/aromatic N) is 1. The van der Waals surface area contributed by atoms with Crippen molar-refractivity contribution < 1.29 is 5.11 Å². The topological polar surface area (TPSA) is 56.0 Å². The lowest BCUT2D eigenvalue weighted by atomic mass is 9.91. The summed E-state index contributed by atoms with van der Waals surface area (Å²) in [4.78, 5) is 0. The van der Waals surface area contributed by atoms with Crippen molar-refractivity contribution in [3.63, 3.8) is 0 Å². The van der Waals surface area contributed by atoms with Crippen LogP contribution in [0.1, 0.15) is 46.0 Å². The molecule has 0 aliphatic carbocycles. The molecule has 3 heteroatoms. The minimum Gasteiger partial charge on any atom is -0.396 e. The molecule has 0 bridgehead atoms. The van der Waals surface area contributed by atoms with Gasteiger partial charge in [0.15, 0.2) is 0 Å². The van der Waals surface area contributed by atoms with Crippen molar-refractivity contribution >= 4 is 0 Å². The Hall–Kier alpha value is -0.590. The molecule has 0 aromatic heterocycles. The standard InChI is InChI=1S/C12H24N2O/c1-12(2,11-13)7-9-14-8-5-3-4-6-10-15/h14-15H,3-10H2,1-2H3. The first-order valence-electron chi connectivity index (χ1n) is 5.85. The van der Waals surface area contributed by atoms with Crippen LogP contribution in [0.15, 0.2) is 0 Å². The summed E-state index contributed by atoms with van der Waals surface area (Å²) in [6, 6.07) is 2.29. The molecule has 0 aromatic carbocycles. The molecule has 0 aromatic rings. The van der Waals surface area contributed by atoms with E-state index in [4.69, 9.17) is 10.4 Å². The summed E-state index contributed by atoms with van der Waals surface area (Å²) in [6.45, 7) is 6.18. The van der Waals surface area contributed by atoms with E-state index < -0.39 is 0 Å². The zero-order valence-corrected chi connectivity index (χ0v) is 10.1. The molecule has 0 spiro atoms. The summed E-state index contributed by atoms with van der Waals surface area (Å²) in [7, 11) is 0. The number of aliphatic hydroxyl groups is 1. The Morgan fingerprint density at radius 1 is 1.13 bits per heavy atom. The van der Waals surface area contributed by atoms with Gasteiger partial charge in [0.1, 0.15) is 0 Å². The van der Waals surface area contributed by atoms with Gasteiger partial charge in [-0.1, -0.05) is 12.8 Å². The third-order valence-electron chi connectivity index (χ3n) is 2.49. The Labute approximate surface area is 93.5 Å². The van der Waals surface area contributed by atoms with Crippen molar-refractivity contribution in [2.24, 2.45) is 5.41 Å². The van der Waals surface area contributed by atoms with Crippen molar-refractivity contribution in [3.05, 3.63) is 0 Å². The monoisotopic (exact) mass is 212 g/mol. The summed E-state index contributed by atoms with van der Waals surface area (Å²) in [5.74, 6) is 0. The predicted octanol–water partition coefficient (Wildman–Crippen LogP) is 2.07.